The van der Waals surface area contributed by atoms with Gasteiger partial charge in [-0.05, 0) is 37.6 Å². The number of methoxy groups -OCH3 is 1. The fraction of sp³-hybridized carbons (Fsp3) is 0.333. The first-order chi connectivity index (χ1) is 9.06. The Morgan fingerprint density at radius 3 is 2.53 bits per heavy atom. The second-order valence-corrected chi connectivity index (χ2v) is 4.80. The van der Waals surface area contributed by atoms with Crippen molar-refractivity contribution in [3.05, 3.63) is 40.3 Å². The average molecular weight is 277 g/mol. The SMILES string of the molecule is CCc1nc(Cl)c(C)c(-c2ccc(OC)cc2C)n1. The molecule has 0 saturated carbocycles. The summed E-state index contributed by atoms with van der Waals surface area (Å²) in [5.41, 5.74) is 3.99. The first-order valence-electron chi connectivity index (χ1n) is 6.24. The van der Waals surface area contributed by atoms with E-state index in [1.807, 2.05) is 39.0 Å². The van der Waals surface area contributed by atoms with Crippen LogP contribution in [0.5, 0.6) is 5.75 Å². The highest BCUT2D eigenvalue weighted by Crippen LogP contribution is 2.30. The molecule has 0 unspecified atom stereocenters. The van der Waals surface area contributed by atoms with Gasteiger partial charge in [-0.15, -0.1) is 0 Å². The topological polar surface area (TPSA) is 35.0 Å². The van der Waals surface area contributed by atoms with Gasteiger partial charge in [-0.3, -0.25) is 0 Å². The smallest absolute Gasteiger partial charge is 0.136 e. The zero-order valence-electron chi connectivity index (χ0n) is 11.6. The van der Waals surface area contributed by atoms with Crippen LogP contribution in [0, 0.1) is 13.8 Å². The summed E-state index contributed by atoms with van der Waals surface area (Å²) < 4.78 is 5.23. The van der Waals surface area contributed by atoms with Gasteiger partial charge in [0.1, 0.15) is 16.7 Å². The van der Waals surface area contributed by atoms with Crippen LogP contribution in [0.1, 0.15) is 23.9 Å². The van der Waals surface area contributed by atoms with E-state index in [9.17, 15) is 0 Å². The van der Waals surface area contributed by atoms with Gasteiger partial charge >= 0.3 is 0 Å². The number of benzene rings is 1. The summed E-state index contributed by atoms with van der Waals surface area (Å²) in [4.78, 5) is 8.87. The van der Waals surface area contributed by atoms with Crippen LogP contribution >= 0.6 is 11.6 Å². The lowest BCUT2D eigenvalue weighted by molar-refractivity contribution is 0.414. The molecular weight excluding hydrogens is 260 g/mol. The Hall–Kier alpha value is -1.61. The molecule has 1 aromatic heterocycles. The third-order valence-corrected chi connectivity index (χ3v) is 3.51. The van der Waals surface area contributed by atoms with Crippen molar-refractivity contribution in [3.8, 4) is 17.0 Å². The van der Waals surface area contributed by atoms with Crippen LogP contribution in [0.15, 0.2) is 18.2 Å². The molecule has 0 atom stereocenters. The number of rotatable bonds is 3. The van der Waals surface area contributed by atoms with Crippen molar-refractivity contribution in [2.45, 2.75) is 27.2 Å². The summed E-state index contributed by atoms with van der Waals surface area (Å²) in [6.45, 7) is 6.01. The van der Waals surface area contributed by atoms with E-state index < -0.39 is 0 Å². The van der Waals surface area contributed by atoms with Crippen LogP contribution < -0.4 is 4.74 Å². The highest BCUT2D eigenvalue weighted by molar-refractivity contribution is 6.30. The molecule has 19 heavy (non-hydrogen) atoms. The van der Waals surface area contributed by atoms with Gasteiger partial charge in [0.05, 0.1) is 12.8 Å². The summed E-state index contributed by atoms with van der Waals surface area (Å²) in [6.07, 6.45) is 0.766. The largest absolute Gasteiger partial charge is 0.497 e. The molecule has 0 spiro atoms. The summed E-state index contributed by atoms with van der Waals surface area (Å²) in [7, 11) is 1.66. The minimum atomic E-state index is 0.525. The predicted octanol–water partition coefficient (Wildman–Crippen LogP) is 3.98. The van der Waals surface area contributed by atoms with Crippen LogP contribution in [-0.2, 0) is 6.42 Å². The molecule has 0 aliphatic carbocycles. The Labute approximate surface area is 118 Å². The zero-order chi connectivity index (χ0) is 14.0. The summed E-state index contributed by atoms with van der Waals surface area (Å²) >= 11 is 6.18. The predicted molar refractivity (Wildman–Crippen MR) is 77.9 cm³/mol. The van der Waals surface area contributed by atoms with Crippen LogP contribution in [-0.4, -0.2) is 17.1 Å². The first kappa shape index (κ1) is 13.8. The van der Waals surface area contributed by atoms with Crippen molar-refractivity contribution in [2.75, 3.05) is 7.11 Å². The average Bonchev–Trinajstić information content (AvgIpc) is 2.42. The van der Waals surface area contributed by atoms with Gasteiger partial charge in [0.2, 0.25) is 0 Å². The van der Waals surface area contributed by atoms with Crippen molar-refractivity contribution in [3.63, 3.8) is 0 Å². The van der Waals surface area contributed by atoms with Gasteiger partial charge in [-0.1, -0.05) is 18.5 Å². The van der Waals surface area contributed by atoms with Crippen LogP contribution in [0.25, 0.3) is 11.3 Å². The van der Waals surface area contributed by atoms with E-state index in [0.717, 1.165) is 40.4 Å². The van der Waals surface area contributed by atoms with E-state index in [2.05, 4.69) is 9.97 Å². The maximum absolute atomic E-state index is 6.18. The Bertz CT molecular complexity index is 611. The Morgan fingerprint density at radius 1 is 1.21 bits per heavy atom. The normalized spacial score (nSPS) is 10.6. The summed E-state index contributed by atoms with van der Waals surface area (Å²) in [5, 5.41) is 0.525. The molecule has 0 N–H and O–H groups in total. The second-order valence-electron chi connectivity index (χ2n) is 4.44. The number of ether oxygens (including phenoxy) is 1. The number of halogens is 1. The van der Waals surface area contributed by atoms with Gasteiger partial charge in [0.15, 0.2) is 0 Å². The molecule has 1 heterocycles. The molecular formula is C15H17ClN2O. The Balaban J connectivity index is 2.61. The first-order valence-corrected chi connectivity index (χ1v) is 6.62. The zero-order valence-corrected chi connectivity index (χ0v) is 12.4. The number of nitrogens with zero attached hydrogens (tertiary/aromatic N) is 2. The highest BCUT2D eigenvalue weighted by Gasteiger charge is 2.13. The lowest BCUT2D eigenvalue weighted by Crippen LogP contribution is -2.00. The molecule has 0 aliphatic heterocycles. The van der Waals surface area contributed by atoms with Gasteiger partial charge in [0, 0.05) is 17.5 Å². The molecule has 0 saturated heterocycles. The van der Waals surface area contributed by atoms with Crippen molar-refractivity contribution in [2.24, 2.45) is 0 Å². The monoisotopic (exact) mass is 276 g/mol. The van der Waals surface area contributed by atoms with Crippen molar-refractivity contribution in [1.29, 1.82) is 0 Å². The number of aryl methyl sites for hydroxylation is 2. The van der Waals surface area contributed by atoms with Crippen LogP contribution in [0.4, 0.5) is 0 Å². The fourth-order valence-corrected chi connectivity index (χ4v) is 2.17. The van der Waals surface area contributed by atoms with Crippen LogP contribution in [0.3, 0.4) is 0 Å². The number of hydrogen-bond acceptors (Lipinski definition) is 3. The maximum atomic E-state index is 6.18. The Morgan fingerprint density at radius 2 is 1.95 bits per heavy atom. The molecule has 0 radical (unpaired) electrons. The second kappa shape index (κ2) is 5.57. The molecule has 4 heteroatoms. The van der Waals surface area contributed by atoms with E-state index >= 15 is 0 Å². The minimum Gasteiger partial charge on any atom is -0.497 e. The molecule has 2 aromatic rings. The molecule has 2 rings (SSSR count). The van der Waals surface area contributed by atoms with E-state index in [1.54, 1.807) is 7.11 Å². The van der Waals surface area contributed by atoms with Crippen LogP contribution in [0.2, 0.25) is 5.15 Å². The highest BCUT2D eigenvalue weighted by atomic mass is 35.5. The lowest BCUT2D eigenvalue weighted by Gasteiger charge is -2.12. The summed E-state index contributed by atoms with van der Waals surface area (Å²) in [5.74, 6) is 1.61. The number of hydrogen-bond donors (Lipinski definition) is 0. The third kappa shape index (κ3) is 2.71. The molecule has 0 amide bonds. The molecule has 0 aliphatic rings. The molecule has 3 nitrogen and oxygen atoms in total. The van der Waals surface area contributed by atoms with Gasteiger partial charge in [-0.2, -0.15) is 0 Å². The molecule has 0 bridgehead atoms. The van der Waals surface area contributed by atoms with Crippen molar-refractivity contribution >= 4 is 11.6 Å². The minimum absolute atomic E-state index is 0.525. The molecule has 1 aromatic carbocycles. The van der Waals surface area contributed by atoms with Gasteiger partial charge in [0.25, 0.3) is 0 Å². The van der Waals surface area contributed by atoms with Gasteiger partial charge < -0.3 is 4.74 Å². The van der Waals surface area contributed by atoms with Gasteiger partial charge in [-0.25, -0.2) is 9.97 Å². The van der Waals surface area contributed by atoms with Crippen molar-refractivity contribution in [1.82, 2.24) is 9.97 Å². The number of aromatic nitrogens is 2. The quantitative estimate of drug-likeness (QED) is 0.795. The molecule has 100 valence electrons. The van der Waals surface area contributed by atoms with E-state index in [0.29, 0.717) is 5.15 Å². The fourth-order valence-electron chi connectivity index (χ4n) is 1.98. The lowest BCUT2D eigenvalue weighted by atomic mass is 10.0. The van der Waals surface area contributed by atoms with E-state index in [4.69, 9.17) is 16.3 Å². The summed E-state index contributed by atoms with van der Waals surface area (Å²) in [6, 6.07) is 5.94. The third-order valence-electron chi connectivity index (χ3n) is 3.14. The molecule has 0 fully saturated rings. The standard InChI is InChI=1S/C15H17ClN2O/c1-5-13-17-14(10(3)15(16)18-13)12-7-6-11(19-4)8-9(12)2/h6-8H,5H2,1-4H3. The maximum Gasteiger partial charge on any atom is 0.136 e. The van der Waals surface area contributed by atoms with E-state index in [1.165, 1.54) is 0 Å². The Kier molecular flexibility index (Phi) is 4.05. The van der Waals surface area contributed by atoms with Crippen molar-refractivity contribution < 1.29 is 4.74 Å². The van der Waals surface area contributed by atoms with E-state index in [-0.39, 0.29) is 0 Å².